The molecule has 2 heterocycles. The molecule has 0 amide bonds. The Bertz CT molecular complexity index is 980. The largest absolute Gasteiger partial charge is 0.462 e. The van der Waals surface area contributed by atoms with Crippen LogP contribution < -0.4 is 15.9 Å². The predicted molar refractivity (Wildman–Crippen MR) is 96.5 cm³/mol. The first-order valence-electron chi connectivity index (χ1n) is 7.77. The minimum Gasteiger partial charge on any atom is -0.462 e. The summed E-state index contributed by atoms with van der Waals surface area (Å²) in [6.07, 6.45) is 0. The number of rotatable bonds is 3. The van der Waals surface area contributed by atoms with Gasteiger partial charge in [-0.05, 0) is 31.5 Å². The summed E-state index contributed by atoms with van der Waals surface area (Å²) in [5.41, 5.74) is 6.03. The Kier molecular flexibility index (Phi) is 4.98. The average Bonchev–Trinajstić information content (AvgIpc) is 2.55. The highest BCUT2D eigenvalue weighted by Crippen LogP contribution is 2.44. The van der Waals surface area contributed by atoms with Crippen LogP contribution in [0.2, 0.25) is 10.0 Å². The molecule has 0 aliphatic carbocycles. The smallest absolute Gasteiger partial charge is 0.340 e. The third kappa shape index (κ3) is 3.18. The molecule has 2 aromatic rings. The predicted octanol–water partition coefficient (Wildman–Crippen LogP) is 3.51. The molecule has 3 rings (SSSR count). The Labute approximate surface area is 159 Å². The maximum absolute atomic E-state index is 12.5. The van der Waals surface area contributed by atoms with Crippen LogP contribution in [0.4, 0.5) is 0 Å². The van der Waals surface area contributed by atoms with E-state index >= 15 is 0 Å². The van der Waals surface area contributed by atoms with Gasteiger partial charge >= 0.3 is 5.97 Å². The summed E-state index contributed by atoms with van der Waals surface area (Å²) in [6.45, 7) is 3.43. The number of hydrogen-bond acceptors (Lipinski definition) is 6. The summed E-state index contributed by atoms with van der Waals surface area (Å²) < 4.78 is 16.2. The summed E-state index contributed by atoms with van der Waals surface area (Å²) in [4.78, 5) is 24.8. The lowest BCUT2D eigenvalue weighted by atomic mass is 9.86. The van der Waals surface area contributed by atoms with E-state index in [4.69, 9.17) is 42.8 Å². The average molecular weight is 396 g/mol. The molecule has 1 aromatic heterocycles. The molecular weight excluding hydrogens is 381 g/mol. The lowest BCUT2D eigenvalue weighted by Crippen LogP contribution is -2.30. The molecule has 1 unspecified atom stereocenters. The van der Waals surface area contributed by atoms with Crippen LogP contribution in [0.5, 0.6) is 5.75 Å². The molecule has 0 saturated heterocycles. The van der Waals surface area contributed by atoms with Crippen LogP contribution in [0.25, 0.3) is 0 Å². The van der Waals surface area contributed by atoms with Crippen LogP contribution >= 0.6 is 23.2 Å². The van der Waals surface area contributed by atoms with Gasteiger partial charge in [0.2, 0.25) is 17.1 Å². The van der Waals surface area contributed by atoms with Crippen molar-refractivity contribution in [2.24, 2.45) is 5.73 Å². The summed E-state index contributed by atoms with van der Waals surface area (Å²) in [5, 5.41) is 0.709. The van der Waals surface area contributed by atoms with Gasteiger partial charge in [-0.25, -0.2) is 4.79 Å². The molecular formula is C18H15Cl2NO5. The fraction of sp³-hybridized carbons (Fsp3) is 0.222. The molecule has 1 aliphatic rings. The number of hydrogen-bond donors (Lipinski definition) is 1. The maximum Gasteiger partial charge on any atom is 0.340 e. The van der Waals surface area contributed by atoms with E-state index in [1.807, 2.05) is 0 Å². The Morgan fingerprint density at radius 1 is 1.31 bits per heavy atom. The topological polar surface area (TPSA) is 91.8 Å². The number of ether oxygens (including phenoxy) is 2. The first kappa shape index (κ1) is 18.4. The summed E-state index contributed by atoms with van der Waals surface area (Å²) >= 11 is 12.3. The number of esters is 1. The number of halogens is 2. The zero-order chi connectivity index (χ0) is 19.0. The second kappa shape index (κ2) is 7.05. The minimum atomic E-state index is -0.866. The van der Waals surface area contributed by atoms with E-state index in [1.54, 1.807) is 26.0 Å². The summed E-state index contributed by atoms with van der Waals surface area (Å²) in [5.74, 6) is -1.38. The summed E-state index contributed by atoms with van der Waals surface area (Å²) in [6, 6.07) is 6.06. The molecule has 0 spiro atoms. The minimum absolute atomic E-state index is 0.0114. The van der Waals surface area contributed by atoms with Crippen molar-refractivity contribution in [2.45, 2.75) is 19.8 Å². The van der Waals surface area contributed by atoms with Crippen molar-refractivity contribution in [2.75, 3.05) is 6.61 Å². The molecule has 1 aliphatic heterocycles. The molecule has 0 bridgehead atoms. The van der Waals surface area contributed by atoms with Crippen molar-refractivity contribution in [3.63, 3.8) is 0 Å². The molecule has 0 saturated carbocycles. The van der Waals surface area contributed by atoms with E-state index < -0.39 is 17.3 Å². The zero-order valence-electron chi connectivity index (χ0n) is 14.0. The van der Waals surface area contributed by atoms with Crippen molar-refractivity contribution in [3.05, 3.63) is 73.1 Å². The Hall–Kier alpha value is -2.44. The van der Waals surface area contributed by atoms with E-state index in [0.717, 1.165) is 0 Å². The van der Waals surface area contributed by atoms with Crippen LogP contribution in [-0.4, -0.2) is 12.6 Å². The molecule has 0 fully saturated rings. The van der Waals surface area contributed by atoms with Crippen molar-refractivity contribution in [3.8, 4) is 5.75 Å². The van der Waals surface area contributed by atoms with Gasteiger partial charge in [0.25, 0.3) is 0 Å². The maximum atomic E-state index is 12.5. The number of aryl methyl sites for hydroxylation is 1. The van der Waals surface area contributed by atoms with Gasteiger partial charge in [-0.1, -0.05) is 29.3 Å². The highest BCUT2D eigenvalue weighted by atomic mass is 35.5. The molecule has 136 valence electrons. The van der Waals surface area contributed by atoms with Crippen LogP contribution in [0, 0.1) is 6.92 Å². The number of nitrogens with two attached hydrogens (primary N) is 1. The zero-order valence-corrected chi connectivity index (χ0v) is 15.5. The first-order chi connectivity index (χ1) is 12.3. The van der Waals surface area contributed by atoms with Gasteiger partial charge in [-0.3, -0.25) is 4.79 Å². The lowest BCUT2D eigenvalue weighted by Gasteiger charge is -2.27. The number of benzene rings is 1. The monoisotopic (exact) mass is 395 g/mol. The molecule has 2 N–H and O–H groups in total. The van der Waals surface area contributed by atoms with Crippen LogP contribution in [0.1, 0.15) is 29.9 Å². The Morgan fingerprint density at radius 3 is 2.69 bits per heavy atom. The molecule has 1 aromatic carbocycles. The number of carbonyl (C=O) groups excluding carboxylic acids is 1. The standard InChI is InChI=1S/C18H15Cl2NO5/c1-3-24-18(23)14-13(10-5-4-9(19)7-11(10)20)16-15(26-17(14)21)12(22)6-8(2)25-16/h4-7,13H,3,21H2,1-2H3. The van der Waals surface area contributed by atoms with Gasteiger partial charge in [-0.2, -0.15) is 0 Å². The fourth-order valence-corrected chi connectivity index (χ4v) is 3.33. The van der Waals surface area contributed by atoms with Gasteiger partial charge in [0, 0.05) is 16.1 Å². The van der Waals surface area contributed by atoms with Crippen molar-refractivity contribution in [1.29, 1.82) is 0 Å². The van der Waals surface area contributed by atoms with E-state index in [2.05, 4.69) is 0 Å². The van der Waals surface area contributed by atoms with E-state index in [-0.39, 0.29) is 34.6 Å². The summed E-state index contributed by atoms with van der Waals surface area (Å²) in [7, 11) is 0. The van der Waals surface area contributed by atoms with Crippen molar-refractivity contribution >= 4 is 29.2 Å². The molecule has 1 atom stereocenters. The molecule has 26 heavy (non-hydrogen) atoms. The van der Waals surface area contributed by atoms with Crippen molar-refractivity contribution < 1.29 is 18.7 Å². The Balaban J connectivity index is 2.31. The lowest BCUT2D eigenvalue weighted by molar-refractivity contribution is -0.139. The molecule has 6 nitrogen and oxygen atoms in total. The van der Waals surface area contributed by atoms with Crippen LogP contribution in [0.15, 0.2) is 44.9 Å². The van der Waals surface area contributed by atoms with Crippen molar-refractivity contribution in [1.82, 2.24) is 0 Å². The fourth-order valence-electron chi connectivity index (χ4n) is 2.81. The second-order valence-corrected chi connectivity index (χ2v) is 6.46. The Morgan fingerprint density at radius 2 is 2.04 bits per heavy atom. The highest BCUT2D eigenvalue weighted by molar-refractivity contribution is 6.35. The molecule has 8 heteroatoms. The quantitative estimate of drug-likeness (QED) is 0.799. The van der Waals surface area contributed by atoms with E-state index in [9.17, 15) is 9.59 Å². The van der Waals surface area contributed by atoms with Gasteiger partial charge in [0.05, 0.1) is 12.5 Å². The normalized spacial score (nSPS) is 16.1. The van der Waals surface area contributed by atoms with Crippen LogP contribution in [-0.2, 0) is 9.53 Å². The SMILES string of the molecule is CCOC(=O)C1=C(N)Oc2c(oc(C)cc2=O)C1c1ccc(Cl)cc1Cl. The van der Waals surface area contributed by atoms with Crippen LogP contribution in [0.3, 0.4) is 0 Å². The number of carbonyl (C=O) groups is 1. The third-order valence-electron chi connectivity index (χ3n) is 3.85. The highest BCUT2D eigenvalue weighted by Gasteiger charge is 2.39. The van der Waals surface area contributed by atoms with E-state index in [0.29, 0.717) is 16.3 Å². The van der Waals surface area contributed by atoms with Gasteiger partial charge in [-0.15, -0.1) is 0 Å². The van der Waals surface area contributed by atoms with Gasteiger partial charge in [0.15, 0.2) is 5.76 Å². The third-order valence-corrected chi connectivity index (χ3v) is 4.41. The van der Waals surface area contributed by atoms with Gasteiger partial charge < -0.3 is 19.6 Å². The molecule has 0 radical (unpaired) electrons. The second-order valence-electron chi connectivity index (χ2n) is 5.61. The number of fused-ring (bicyclic) bond motifs is 1. The van der Waals surface area contributed by atoms with E-state index in [1.165, 1.54) is 12.1 Å². The van der Waals surface area contributed by atoms with Gasteiger partial charge in [0.1, 0.15) is 11.3 Å². The first-order valence-corrected chi connectivity index (χ1v) is 8.53.